The van der Waals surface area contributed by atoms with Crippen LogP contribution in [0.4, 0.5) is 17.6 Å². The van der Waals surface area contributed by atoms with Crippen LogP contribution in [0.25, 0.3) is 22.6 Å². The van der Waals surface area contributed by atoms with E-state index in [1.165, 1.54) is 23.8 Å². The van der Waals surface area contributed by atoms with Gasteiger partial charge in [0.15, 0.2) is 5.65 Å². The van der Waals surface area contributed by atoms with E-state index in [9.17, 15) is 17.6 Å². The first kappa shape index (κ1) is 15.3. The van der Waals surface area contributed by atoms with Crippen LogP contribution in [-0.2, 0) is 13.2 Å². The van der Waals surface area contributed by atoms with Gasteiger partial charge in [0, 0.05) is 19.3 Å². The molecule has 1 aromatic carbocycles. The second-order valence-electron chi connectivity index (χ2n) is 4.90. The number of halogens is 4. The van der Waals surface area contributed by atoms with Crippen LogP contribution in [0.1, 0.15) is 5.56 Å². The first-order valence-corrected chi connectivity index (χ1v) is 6.55. The molecule has 3 rings (SSSR count). The summed E-state index contributed by atoms with van der Waals surface area (Å²) in [5.41, 5.74) is -0.458. The van der Waals surface area contributed by atoms with Crippen LogP contribution in [0.15, 0.2) is 30.5 Å². The second kappa shape index (κ2) is 5.22. The molecule has 0 saturated heterocycles. The van der Waals surface area contributed by atoms with Crippen molar-refractivity contribution < 1.29 is 22.3 Å². The Morgan fingerprint density at radius 1 is 1.17 bits per heavy atom. The first-order chi connectivity index (χ1) is 10.8. The zero-order valence-electron chi connectivity index (χ0n) is 12.1. The summed E-state index contributed by atoms with van der Waals surface area (Å²) in [4.78, 5) is 7.88. The Bertz CT molecular complexity index is 886. The molecule has 8 heteroatoms. The fourth-order valence-electron chi connectivity index (χ4n) is 2.28. The summed E-state index contributed by atoms with van der Waals surface area (Å²) >= 11 is 0. The van der Waals surface area contributed by atoms with Gasteiger partial charge in [-0.3, -0.25) is 0 Å². The van der Waals surface area contributed by atoms with Crippen LogP contribution < -0.4 is 4.74 Å². The molecule has 0 amide bonds. The Kier molecular flexibility index (Phi) is 3.46. The number of hydrogen-bond acceptors (Lipinski definition) is 3. The van der Waals surface area contributed by atoms with Gasteiger partial charge < -0.3 is 9.30 Å². The Hall–Kier alpha value is -2.64. The van der Waals surface area contributed by atoms with Crippen molar-refractivity contribution in [3.05, 3.63) is 41.8 Å². The third-order valence-corrected chi connectivity index (χ3v) is 3.45. The molecule has 0 aliphatic heterocycles. The Morgan fingerprint density at radius 2 is 1.91 bits per heavy atom. The number of methoxy groups -OCH3 is 1. The van der Waals surface area contributed by atoms with Crippen molar-refractivity contribution in [3.63, 3.8) is 0 Å². The highest BCUT2D eigenvalue weighted by molar-refractivity contribution is 5.78. The monoisotopic (exact) mass is 325 g/mol. The lowest BCUT2D eigenvalue weighted by molar-refractivity contribution is -0.137. The third-order valence-electron chi connectivity index (χ3n) is 3.45. The number of aryl methyl sites for hydroxylation is 1. The minimum Gasteiger partial charge on any atom is -0.497 e. The molecule has 0 radical (unpaired) electrons. The molecule has 0 spiro atoms. The highest BCUT2D eigenvalue weighted by atomic mass is 19.4. The van der Waals surface area contributed by atoms with Gasteiger partial charge >= 0.3 is 6.18 Å². The smallest absolute Gasteiger partial charge is 0.417 e. The molecule has 4 nitrogen and oxygen atoms in total. The van der Waals surface area contributed by atoms with Crippen LogP contribution >= 0.6 is 0 Å². The molecule has 2 aromatic heterocycles. The van der Waals surface area contributed by atoms with E-state index in [-0.39, 0.29) is 22.6 Å². The average Bonchev–Trinajstić information content (AvgIpc) is 2.82. The number of alkyl halides is 3. The van der Waals surface area contributed by atoms with Gasteiger partial charge in [0.1, 0.15) is 22.9 Å². The van der Waals surface area contributed by atoms with Crippen molar-refractivity contribution in [3.8, 4) is 17.1 Å². The van der Waals surface area contributed by atoms with Crippen molar-refractivity contribution >= 4 is 11.2 Å². The molecule has 0 aliphatic rings. The molecule has 2 heterocycles. The molecule has 0 unspecified atom stereocenters. The van der Waals surface area contributed by atoms with Gasteiger partial charge in [-0.2, -0.15) is 13.2 Å². The minimum absolute atomic E-state index is 0.0487. The molecule has 3 aromatic rings. The summed E-state index contributed by atoms with van der Waals surface area (Å²) in [6, 6.07) is 5.09. The van der Waals surface area contributed by atoms with E-state index in [0.29, 0.717) is 5.75 Å². The summed E-state index contributed by atoms with van der Waals surface area (Å²) in [6.07, 6.45) is -3.78. The maximum Gasteiger partial charge on any atom is 0.417 e. The SMILES string of the molecule is COc1ccc(-c2nc3cc(C(F)(F)F)cnc3n2C)c(F)c1. The fraction of sp³-hybridized carbons (Fsp3) is 0.200. The number of benzene rings is 1. The van der Waals surface area contributed by atoms with Gasteiger partial charge in [-0.15, -0.1) is 0 Å². The highest BCUT2D eigenvalue weighted by Crippen LogP contribution is 2.32. The summed E-state index contributed by atoms with van der Waals surface area (Å²) in [5, 5.41) is 0. The average molecular weight is 325 g/mol. The third kappa shape index (κ3) is 2.60. The highest BCUT2D eigenvalue weighted by Gasteiger charge is 2.31. The van der Waals surface area contributed by atoms with Crippen LogP contribution in [0.2, 0.25) is 0 Å². The Balaban J connectivity index is 2.17. The quantitative estimate of drug-likeness (QED) is 0.673. The zero-order valence-corrected chi connectivity index (χ0v) is 12.1. The van der Waals surface area contributed by atoms with Gasteiger partial charge in [-0.1, -0.05) is 0 Å². The van der Waals surface area contributed by atoms with E-state index in [0.717, 1.165) is 12.3 Å². The predicted octanol–water partition coefficient (Wildman–Crippen LogP) is 3.80. The van der Waals surface area contributed by atoms with E-state index in [2.05, 4.69) is 9.97 Å². The second-order valence-corrected chi connectivity index (χ2v) is 4.90. The number of imidazole rings is 1. The van der Waals surface area contributed by atoms with Crippen LogP contribution in [-0.4, -0.2) is 21.6 Å². The molecule has 0 aliphatic carbocycles. The molecular formula is C15H11F4N3O. The Labute approximate surface area is 128 Å². The van der Waals surface area contributed by atoms with Gasteiger partial charge in [0.25, 0.3) is 0 Å². The first-order valence-electron chi connectivity index (χ1n) is 6.55. The Morgan fingerprint density at radius 3 is 2.52 bits per heavy atom. The summed E-state index contributed by atoms with van der Waals surface area (Å²) in [6.45, 7) is 0. The molecule has 0 atom stereocenters. The topological polar surface area (TPSA) is 39.9 Å². The van der Waals surface area contributed by atoms with Crippen molar-refractivity contribution in [1.82, 2.24) is 14.5 Å². The summed E-state index contributed by atoms with van der Waals surface area (Å²) in [7, 11) is 2.97. The number of pyridine rings is 1. The lowest BCUT2D eigenvalue weighted by Crippen LogP contribution is -2.05. The molecule has 0 bridgehead atoms. The van der Waals surface area contributed by atoms with Crippen LogP contribution in [0, 0.1) is 5.82 Å². The summed E-state index contributed by atoms with van der Waals surface area (Å²) < 4.78 is 58.8. The summed E-state index contributed by atoms with van der Waals surface area (Å²) in [5.74, 6) is -0.0618. The van der Waals surface area contributed by atoms with Crippen molar-refractivity contribution in [2.24, 2.45) is 7.05 Å². The largest absolute Gasteiger partial charge is 0.497 e. The van der Waals surface area contributed by atoms with Gasteiger partial charge in [0.2, 0.25) is 0 Å². The van der Waals surface area contributed by atoms with E-state index in [4.69, 9.17) is 4.74 Å². The van der Waals surface area contributed by atoms with E-state index >= 15 is 0 Å². The van der Waals surface area contributed by atoms with Crippen molar-refractivity contribution in [2.45, 2.75) is 6.18 Å². The number of aromatic nitrogens is 3. The molecule has 0 saturated carbocycles. The fourth-order valence-corrected chi connectivity index (χ4v) is 2.28. The van der Waals surface area contributed by atoms with Crippen molar-refractivity contribution in [1.29, 1.82) is 0 Å². The number of rotatable bonds is 2. The molecular weight excluding hydrogens is 314 g/mol. The molecule has 0 fully saturated rings. The molecule has 23 heavy (non-hydrogen) atoms. The number of fused-ring (bicyclic) bond motifs is 1. The maximum atomic E-state index is 14.2. The number of hydrogen-bond donors (Lipinski definition) is 0. The standard InChI is InChI=1S/C15H11F4N3O/c1-22-13(10-4-3-9(23-2)6-11(10)16)21-12-5-8(15(17,18)19)7-20-14(12)22/h3-7H,1-2H3. The van der Waals surface area contributed by atoms with Gasteiger partial charge in [-0.05, 0) is 18.2 Å². The lowest BCUT2D eigenvalue weighted by atomic mass is 10.2. The molecule has 0 N–H and O–H groups in total. The van der Waals surface area contributed by atoms with Crippen LogP contribution in [0.3, 0.4) is 0 Å². The normalized spacial score (nSPS) is 11.9. The maximum absolute atomic E-state index is 14.2. The van der Waals surface area contributed by atoms with E-state index < -0.39 is 17.6 Å². The molecule has 120 valence electrons. The lowest BCUT2D eigenvalue weighted by Gasteiger charge is -2.06. The van der Waals surface area contributed by atoms with E-state index in [1.807, 2.05) is 0 Å². The van der Waals surface area contributed by atoms with Gasteiger partial charge in [0.05, 0.1) is 18.2 Å². The minimum atomic E-state index is -4.51. The van der Waals surface area contributed by atoms with E-state index in [1.54, 1.807) is 13.1 Å². The zero-order chi connectivity index (χ0) is 16.8. The predicted molar refractivity (Wildman–Crippen MR) is 75.5 cm³/mol. The number of nitrogens with zero attached hydrogens (tertiary/aromatic N) is 3. The van der Waals surface area contributed by atoms with Crippen LogP contribution in [0.5, 0.6) is 5.75 Å². The van der Waals surface area contributed by atoms with Crippen molar-refractivity contribution in [2.75, 3.05) is 7.11 Å². The van der Waals surface area contributed by atoms with Gasteiger partial charge in [-0.25, -0.2) is 14.4 Å². The number of ether oxygens (including phenoxy) is 1.